The Balaban J connectivity index is 2.33. The molecule has 0 atom stereocenters. The molecular weight excluding hydrogens is 268 g/mol. The zero-order valence-electron chi connectivity index (χ0n) is 12.2. The zero-order valence-corrected chi connectivity index (χ0v) is 12.2. The molecule has 5 nitrogen and oxygen atoms in total. The fourth-order valence-electron chi connectivity index (χ4n) is 2.70. The van der Waals surface area contributed by atoms with E-state index in [-0.39, 0.29) is 6.61 Å². The smallest absolute Gasteiger partial charge is 0.285 e. The van der Waals surface area contributed by atoms with Gasteiger partial charge in [0.1, 0.15) is 0 Å². The van der Waals surface area contributed by atoms with Crippen molar-refractivity contribution in [1.82, 2.24) is 5.06 Å². The van der Waals surface area contributed by atoms with Gasteiger partial charge < -0.3 is 4.90 Å². The summed E-state index contributed by atoms with van der Waals surface area (Å²) in [5.74, 6) is -0.813. The minimum absolute atomic E-state index is 0.262. The van der Waals surface area contributed by atoms with Crippen molar-refractivity contribution in [3.05, 3.63) is 41.5 Å². The molecule has 0 saturated carbocycles. The molecule has 0 aliphatic carbocycles. The molecule has 0 radical (unpaired) electrons. The van der Waals surface area contributed by atoms with E-state index in [1.54, 1.807) is 19.1 Å². The van der Waals surface area contributed by atoms with Crippen LogP contribution in [0.3, 0.4) is 0 Å². The number of rotatable bonds is 3. The van der Waals surface area contributed by atoms with Crippen LogP contribution in [0.5, 0.6) is 0 Å². The van der Waals surface area contributed by atoms with Crippen molar-refractivity contribution in [2.24, 2.45) is 0 Å². The molecule has 2 amide bonds. The fourth-order valence-corrected chi connectivity index (χ4v) is 2.70. The third-order valence-electron chi connectivity index (χ3n) is 3.59. The number of hydrogen-bond donors (Lipinski definition) is 0. The topological polar surface area (TPSA) is 49.9 Å². The van der Waals surface area contributed by atoms with Crippen LogP contribution in [-0.4, -0.2) is 37.6 Å². The third kappa shape index (κ3) is 1.89. The van der Waals surface area contributed by atoms with E-state index in [2.05, 4.69) is 0 Å². The number of benzene rings is 2. The van der Waals surface area contributed by atoms with Gasteiger partial charge in [-0.1, -0.05) is 12.1 Å². The first kappa shape index (κ1) is 13.6. The lowest BCUT2D eigenvalue weighted by molar-refractivity contribution is -0.0903. The maximum atomic E-state index is 12.5. The van der Waals surface area contributed by atoms with Crippen LogP contribution in [0.2, 0.25) is 0 Å². The summed E-state index contributed by atoms with van der Waals surface area (Å²) < 4.78 is 0. The van der Waals surface area contributed by atoms with Gasteiger partial charge in [-0.05, 0) is 25.1 Å². The molecular formula is C16H16N2O3. The third-order valence-corrected chi connectivity index (χ3v) is 3.59. The van der Waals surface area contributed by atoms with Gasteiger partial charge in [-0.3, -0.25) is 14.4 Å². The molecule has 1 heterocycles. The molecule has 2 aromatic carbocycles. The van der Waals surface area contributed by atoms with E-state index in [0.29, 0.717) is 16.5 Å². The van der Waals surface area contributed by atoms with Gasteiger partial charge in [0.15, 0.2) is 0 Å². The summed E-state index contributed by atoms with van der Waals surface area (Å²) in [5, 5.41) is 2.45. The van der Waals surface area contributed by atoms with E-state index in [1.165, 1.54) is 0 Å². The second kappa shape index (κ2) is 4.86. The van der Waals surface area contributed by atoms with Crippen molar-refractivity contribution in [3.8, 4) is 0 Å². The highest BCUT2D eigenvalue weighted by Crippen LogP contribution is 2.35. The lowest BCUT2D eigenvalue weighted by Gasteiger charge is -2.27. The summed E-state index contributed by atoms with van der Waals surface area (Å²) in [6.07, 6.45) is 0. The minimum atomic E-state index is -0.407. The normalized spacial score (nSPS) is 14.0. The maximum absolute atomic E-state index is 12.5. The summed E-state index contributed by atoms with van der Waals surface area (Å²) in [4.78, 5) is 32.1. The molecule has 5 heteroatoms. The Hall–Kier alpha value is -2.40. The molecule has 0 N–H and O–H groups in total. The largest absolute Gasteiger partial charge is 0.377 e. The quantitative estimate of drug-likeness (QED) is 0.812. The van der Waals surface area contributed by atoms with Crippen LogP contribution in [-0.2, 0) is 4.84 Å². The van der Waals surface area contributed by atoms with Crippen molar-refractivity contribution in [3.63, 3.8) is 0 Å². The van der Waals surface area contributed by atoms with Gasteiger partial charge in [0.2, 0.25) is 0 Å². The average molecular weight is 284 g/mol. The van der Waals surface area contributed by atoms with Crippen LogP contribution in [0.4, 0.5) is 5.69 Å². The van der Waals surface area contributed by atoms with Gasteiger partial charge in [0.25, 0.3) is 11.8 Å². The number of nitrogens with zero attached hydrogens (tertiary/aromatic N) is 2. The highest BCUT2D eigenvalue weighted by Gasteiger charge is 2.34. The molecule has 21 heavy (non-hydrogen) atoms. The van der Waals surface area contributed by atoms with E-state index < -0.39 is 11.8 Å². The van der Waals surface area contributed by atoms with E-state index in [0.717, 1.165) is 16.1 Å². The molecule has 3 rings (SSSR count). The van der Waals surface area contributed by atoms with Gasteiger partial charge >= 0.3 is 0 Å². The van der Waals surface area contributed by atoms with Crippen LogP contribution in [0.15, 0.2) is 30.3 Å². The summed E-state index contributed by atoms with van der Waals surface area (Å²) in [7, 11) is 3.87. The molecule has 0 saturated heterocycles. The zero-order chi connectivity index (χ0) is 15.1. The predicted octanol–water partition coefficient (Wildman–Crippen LogP) is 2.45. The summed E-state index contributed by atoms with van der Waals surface area (Å²) in [6, 6.07) is 9.12. The highest BCUT2D eigenvalue weighted by atomic mass is 16.7. The van der Waals surface area contributed by atoms with Gasteiger partial charge in [0, 0.05) is 30.6 Å². The van der Waals surface area contributed by atoms with E-state index in [4.69, 9.17) is 4.84 Å². The second-order valence-corrected chi connectivity index (χ2v) is 5.08. The number of anilines is 1. The molecule has 0 bridgehead atoms. The first-order valence-corrected chi connectivity index (χ1v) is 6.81. The molecule has 0 spiro atoms. The van der Waals surface area contributed by atoms with Gasteiger partial charge in [0.05, 0.1) is 17.7 Å². The number of amides is 2. The maximum Gasteiger partial charge on any atom is 0.285 e. The van der Waals surface area contributed by atoms with Crippen LogP contribution in [0.25, 0.3) is 10.8 Å². The second-order valence-electron chi connectivity index (χ2n) is 5.08. The Morgan fingerprint density at radius 2 is 1.71 bits per heavy atom. The van der Waals surface area contributed by atoms with Crippen molar-refractivity contribution < 1.29 is 14.4 Å². The monoisotopic (exact) mass is 284 g/mol. The number of hydroxylamine groups is 2. The van der Waals surface area contributed by atoms with Crippen molar-refractivity contribution in [2.45, 2.75) is 6.92 Å². The Morgan fingerprint density at radius 3 is 2.33 bits per heavy atom. The van der Waals surface area contributed by atoms with Gasteiger partial charge in [-0.15, -0.1) is 5.06 Å². The highest BCUT2D eigenvalue weighted by molar-refractivity contribution is 6.26. The standard InChI is InChI=1S/C16H16N2O3/c1-4-21-18-15(19)11-7-5-6-10-13(17(2)3)9-8-12(14(10)11)16(18)20/h5-9H,4H2,1-3H3. The van der Waals surface area contributed by atoms with Crippen molar-refractivity contribution in [2.75, 3.05) is 25.6 Å². The van der Waals surface area contributed by atoms with Crippen LogP contribution < -0.4 is 4.90 Å². The van der Waals surface area contributed by atoms with Crippen LogP contribution in [0, 0.1) is 0 Å². The number of hydrogen-bond acceptors (Lipinski definition) is 4. The predicted molar refractivity (Wildman–Crippen MR) is 80.4 cm³/mol. The Morgan fingerprint density at radius 1 is 1.05 bits per heavy atom. The number of carbonyl (C=O) groups excluding carboxylic acids is 2. The minimum Gasteiger partial charge on any atom is -0.377 e. The lowest BCUT2D eigenvalue weighted by Crippen LogP contribution is -2.40. The van der Waals surface area contributed by atoms with Crippen molar-refractivity contribution >= 4 is 28.3 Å². The molecule has 2 aromatic rings. The summed E-state index contributed by atoms with van der Waals surface area (Å²) >= 11 is 0. The number of carbonyl (C=O) groups is 2. The summed E-state index contributed by atoms with van der Waals surface area (Å²) in [5.41, 5.74) is 1.97. The Bertz CT molecular complexity index is 730. The first-order chi connectivity index (χ1) is 10.1. The molecule has 1 aliphatic heterocycles. The van der Waals surface area contributed by atoms with E-state index in [1.807, 2.05) is 37.2 Å². The SMILES string of the molecule is CCON1C(=O)c2cccc3c(N(C)C)ccc(c23)C1=O. The van der Waals surface area contributed by atoms with Crippen LogP contribution in [0.1, 0.15) is 27.6 Å². The van der Waals surface area contributed by atoms with Crippen LogP contribution >= 0.6 is 0 Å². The van der Waals surface area contributed by atoms with Crippen molar-refractivity contribution in [1.29, 1.82) is 0 Å². The first-order valence-electron chi connectivity index (χ1n) is 6.81. The average Bonchev–Trinajstić information content (AvgIpc) is 2.48. The van der Waals surface area contributed by atoms with E-state index >= 15 is 0 Å². The van der Waals surface area contributed by atoms with E-state index in [9.17, 15) is 9.59 Å². The summed E-state index contributed by atoms with van der Waals surface area (Å²) in [6.45, 7) is 2.00. The molecule has 0 aromatic heterocycles. The molecule has 0 fully saturated rings. The van der Waals surface area contributed by atoms with Gasteiger partial charge in [-0.25, -0.2) is 0 Å². The number of imide groups is 1. The molecule has 0 unspecified atom stereocenters. The lowest BCUT2D eigenvalue weighted by atomic mass is 9.94. The Labute approximate surface area is 122 Å². The fraction of sp³-hybridized carbons (Fsp3) is 0.250. The molecule has 108 valence electrons. The molecule has 1 aliphatic rings. The Kier molecular flexibility index (Phi) is 3.14. The van der Waals surface area contributed by atoms with Gasteiger partial charge in [-0.2, -0.15) is 0 Å².